The average molecular weight is 808 g/mol. The molecule has 0 aromatic carbocycles. The van der Waals surface area contributed by atoms with Crippen LogP contribution in [0.2, 0.25) is 0 Å². The molecule has 0 radical (unpaired) electrons. The topological polar surface area (TPSA) is 97.0 Å². The van der Waals surface area contributed by atoms with Crippen molar-refractivity contribution < 1.29 is 23.9 Å². The highest BCUT2D eigenvalue weighted by Gasteiger charge is 2.14. The summed E-state index contributed by atoms with van der Waals surface area (Å²) in [5.41, 5.74) is 0. The molecule has 2 amide bonds. The molecule has 0 rings (SSSR count). The Bertz CT molecular complexity index is 824. The standard InChI is InChI=1S/C49H97N3O5/c1-7-11-21-30-44(31-22-12-8-2)38-42-56-47(53)36-27-19-15-17-25-34-46(51-49(55)50-40-29-41-52(5)6)35-26-18-16-20-28-37-48(54)57-43-39-45(32-23-13-9-3)33-24-14-10-4/h44-46H,7-43H2,1-6H3,(H2,50,51,55). The van der Waals surface area contributed by atoms with Crippen LogP contribution in [0.1, 0.15) is 240 Å². The Kier molecular flexibility index (Phi) is 40.9. The number of esters is 2. The largest absolute Gasteiger partial charge is 0.466 e. The van der Waals surface area contributed by atoms with E-state index in [0.717, 1.165) is 103 Å². The van der Waals surface area contributed by atoms with Crippen molar-refractivity contribution in [3.63, 3.8) is 0 Å². The minimum atomic E-state index is -0.0581. The molecule has 0 fully saturated rings. The SMILES string of the molecule is CCCCCC(CCCCC)CCOC(=O)CCCCCCCC(CCCCCCCC(=O)OCCC(CCCCC)CCCCC)NC(=O)NCCCN(C)C. The summed E-state index contributed by atoms with van der Waals surface area (Å²) in [6.45, 7) is 11.8. The molecule has 0 atom stereocenters. The highest BCUT2D eigenvalue weighted by molar-refractivity contribution is 5.74. The van der Waals surface area contributed by atoms with Gasteiger partial charge in [0.2, 0.25) is 0 Å². The van der Waals surface area contributed by atoms with Crippen molar-refractivity contribution in [2.75, 3.05) is 40.4 Å². The summed E-state index contributed by atoms with van der Waals surface area (Å²) in [6, 6.07) is 0.113. The summed E-state index contributed by atoms with van der Waals surface area (Å²) in [4.78, 5) is 39.7. The van der Waals surface area contributed by atoms with Crippen LogP contribution in [0.25, 0.3) is 0 Å². The van der Waals surface area contributed by atoms with E-state index < -0.39 is 0 Å². The van der Waals surface area contributed by atoms with Gasteiger partial charge in [0, 0.05) is 25.4 Å². The maximum Gasteiger partial charge on any atom is 0.315 e. The van der Waals surface area contributed by atoms with Crippen molar-refractivity contribution >= 4 is 18.0 Å². The zero-order valence-electron chi connectivity index (χ0n) is 38.9. The second-order valence-electron chi connectivity index (χ2n) is 17.6. The van der Waals surface area contributed by atoms with Crippen molar-refractivity contribution in [3.8, 4) is 0 Å². The van der Waals surface area contributed by atoms with Gasteiger partial charge in [-0.3, -0.25) is 9.59 Å². The number of hydrogen-bond acceptors (Lipinski definition) is 6. The van der Waals surface area contributed by atoms with Gasteiger partial charge >= 0.3 is 18.0 Å². The summed E-state index contributed by atoms with van der Waals surface area (Å²) >= 11 is 0. The zero-order chi connectivity index (χ0) is 42.0. The van der Waals surface area contributed by atoms with Gasteiger partial charge in [0.05, 0.1) is 13.2 Å². The van der Waals surface area contributed by atoms with Gasteiger partial charge in [-0.2, -0.15) is 0 Å². The number of amides is 2. The van der Waals surface area contributed by atoms with E-state index in [1.165, 1.54) is 103 Å². The average Bonchev–Trinajstić information content (AvgIpc) is 3.18. The molecule has 0 aliphatic carbocycles. The molecule has 338 valence electrons. The lowest BCUT2D eigenvalue weighted by molar-refractivity contribution is -0.145. The van der Waals surface area contributed by atoms with Crippen LogP contribution >= 0.6 is 0 Å². The molecule has 2 N–H and O–H groups in total. The Balaban J connectivity index is 4.39. The molecule has 0 bridgehead atoms. The lowest BCUT2D eigenvalue weighted by Gasteiger charge is -2.19. The molecule has 0 aromatic heterocycles. The zero-order valence-corrected chi connectivity index (χ0v) is 38.9. The summed E-state index contributed by atoms with van der Waals surface area (Å²) < 4.78 is 11.3. The molecule has 0 heterocycles. The van der Waals surface area contributed by atoms with Gasteiger partial charge in [-0.15, -0.1) is 0 Å². The van der Waals surface area contributed by atoms with Crippen molar-refractivity contribution in [1.29, 1.82) is 0 Å². The first kappa shape index (κ1) is 55.2. The fourth-order valence-electron chi connectivity index (χ4n) is 7.92. The van der Waals surface area contributed by atoms with E-state index >= 15 is 0 Å². The normalized spacial score (nSPS) is 11.6. The smallest absolute Gasteiger partial charge is 0.315 e. The maximum atomic E-state index is 12.7. The molecule has 0 aliphatic heterocycles. The lowest BCUT2D eigenvalue weighted by atomic mass is 9.92. The van der Waals surface area contributed by atoms with Gasteiger partial charge in [0.1, 0.15) is 0 Å². The first-order chi connectivity index (χ1) is 27.7. The molecular formula is C49H97N3O5. The highest BCUT2D eigenvalue weighted by Crippen LogP contribution is 2.23. The predicted molar refractivity (Wildman–Crippen MR) is 243 cm³/mol. The van der Waals surface area contributed by atoms with Gasteiger partial charge in [-0.1, -0.05) is 182 Å². The molecule has 8 nitrogen and oxygen atoms in total. The monoisotopic (exact) mass is 808 g/mol. The third-order valence-electron chi connectivity index (χ3n) is 11.7. The first-order valence-corrected chi connectivity index (χ1v) is 24.8. The molecular weight excluding hydrogens is 711 g/mol. The molecule has 57 heavy (non-hydrogen) atoms. The number of nitrogens with zero attached hydrogens (tertiary/aromatic N) is 1. The Morgan fingerprint density at radius 1 is 0.456 bits per heavy atom. The quantitative estimate of drug-likeness (QED) is 0.0470. The van der Waals surface area contributed by atoms with Crippen LogP contribution in [-0.2, 0) is 19.1 Å². The number of carbonyl (C=O) groups excluding carboxylic acids is 3. The molecule has 0 spiro atoms. The fraction of sp³-hybridized carbons (Fsp3) is 0.939. The Morgan fingerprint density at radius 2 is 0.825 bits per heavy atom. The number of nitrogens with one attached hydrogen (secondary N) is 2. The number of unbranched alkanes of at least 4 members (excludes halogenated alkanes) is 16. The summed E-state index contributed by atoms with van der Waals surface area (Å²) in [5.74, 6) is 1.31. The van der Waals surface area contributed by atoms with Crippen LogP contribution in [0.5, 0.6) is 0 Å². The predicted octanol–water partition coefficient (Wildman–Crippen LogP) is 13.5. The minimum Gasteiger partial charge on any atom is -0.466 e. The Hall–Kier alpha value is -1.83. The summed E-state index contributed by atoms with van der Waals surface area (Å²) in [6.07, 6.45) is 36.9. The molecule has 8 heteroatoms. The van der Waals surface area contributed by atoms with Crippen molar-refractivity contribution in [3.05, 3.63) is 0 Å². The van der Waals surface area contributed by atoms with E-state index in [4.69, 9.17) is 9.47 Å². The molecule has 0 aliphatic rings. The number of carbonyl (C=O) groups is 3. The van der Waals surface area contributed by atoms with E-state index in [0.29, 0.717) is 44.4 Å². The van der Waals surface area contributed by atoms with E-state index in [9.17, 15) is 14.4 Å². The van der Waals surface area contributed by atoms with Crippen molar-refractivity contribution in [2.45, 2.75) is 246 Å². The van der Waals surface area contributed by atoms with Crippen LogP contribution < -0.4 is 10.6 Å². The number of rotatable bonds is 43. The number of urea groups is 1. The molecule has 0 saturated carbocycles. The summed E-state index contributed by atoms with van der Waals surface area (Å²) in [7, 11) is 4.10. The van der Waals surface area contributed by atoms with Crippen LogP contribution in [-0.4, -0.2) is 69.3 Å². The molecule has 0 unspecified atom stereocenters. The second kappa shape index (κ2) is 42.3. The maximum absolute atomic E-state index is 12.7. The third kappa shape index (κ3) is 39.4. The minimum absolute atomic E-state index is 0.0358. The van der Waals surface area contributed by atoms with Gasteiger partial charge in [0.15, 0.2) is 0 Å². The Morgan fingerprint density at radius 3 is 1.21 bits per heavy atom. The second-order valence-corrected chi connectivity index (χ2v) is 17.6. The van der Waals surface area contributed by atoms with Crippen LogP contribution in [0.15, 0.2) is 0 Å². The highest BCUT2D eigenvalue weighted by atomic mass is 16.5. The third-order valence-corrected chi connectivity index (χ3v) is 11.7. The number of ether oxygens (including phenoxy) is 2. The summed E-state index contributed by atoms with van der Waals surface area (Å²) in [5, 5.41) is 6.31. The van der Waals surface area contributed by atoms with E-state index in [-0.39, 0.29) is 24.0 Å². The molecule has 0 aromatic rings. The lowest BCUT2D eigenvalue weighted by Crippen LogP contribution is -2.42. The van der Waals surface area contributed by atoms with Crippen molar-refractivity contribution in [2.24, 2.45) is 11.8 Å². The van der Waals surface area contributed by atoms with E-state index in [1.807, 2.05) is 0 Å². The van der Waals surface area contributed by atoms with Gasteiger partial charge in [0.25, 0.3) is 0 Å². The fourth-order valence-corrected chi connectivity index (χ4v) is 7.92. The first-order valence-electron chi connectivity index (χ1n) is 24.8. The van der Waals surface area contributed by atoms with Gasteiger partial charge < -0.3 is 25.0 Å². The van der Waals surface area contributed by atoms with Gasteiger partial charge in [-0.25, -0.2) is 4.79 Å². The number of hydrogen-bond donors (Lipinski definition) is 2. The Labute approximate surface area is 354 Å². The van der Waals surface area contributed by atoms with Crippen molar-refractivity contribution in [1.82, 2.24) is 15.5 Å². The van der Waals surface area contributed by atoms with Crippen LogP contribution in [0.4, 0.5) is 4.79 Å². The van der Waals surface area contributed by atoms with Gasteiger partial charge in [-0.05, 0) is 77.4 Å². The van der Waals surface area contributed by atoms with E-state index in [2.05, 4.69) is 57.3 Å². The van der Waals surface area contributed by atoms with Crippen LogP contribution in [0.3, 0.4) is 0 Å². The van der Waals surface area contributed by atoms with E-state index in [1.54, 1.807) is 0 Å². The molecule has 0 saturated heterocycles. The van der Waals surface area contributed by atoms with Crippen LogP contribution in [0, 0.1) is 11.8 Å².